The van der Waals surface area contributed by atoms with Crippen molar-refractivity contribution in [2.75, 3.05) is 6.61 Å². The fraction of sp³-hybridized carbons (Fsp3) is 0.333. The van der Waals surface area contributed by atoms with Crippen LogP contribution in [0.3, 0.4) is 0 Å². The van der Waals surface area contributed by atoms with Crippen molar-refractivity contribution in [2.45, 2.75) is 12.2 Å². The van der Waals surface area contributed by atoms with E-state index in [4.69, 9.17) is 22.4 Å². The molecular formula is C9H9ClF3NO. The summed E-state index contributed by atoms with van der Waals surface area (Å²) in [5.74, 6) is 0. The number of benzene rings is 1. The van der Waals surface area contributed by atoms with Crippen LogP contribution in [0.5, 0.6) is 0 Å². The summed E-state index contributed by atoms with van der Waals surface area (Å²) >= 11 is 5.62. The van der Waals surface area contributed by atoms with Crippen molar-refractivity contribution >= 4 is 11.6 Å². The summed E-state index contributed by atoms with van der Waals surface area (Å²) in [5, 5.41) is 8.66. The van der Waals surface area contributed by atoms with E-state index >= 15 is 0 Å². The highest BCUT2D eigenvalue weighted by atomic mass is 35.5. The minimum absolute atomic E-state index is 0.0913. The van der Waals surface area contributed by atoms with E-state index < -0.39 is 24.4 Å². The van der Waals surface area contributed by atoms with Crippen LogP contribution in [0.1, 0.15) is 17.2 Å². The SMILES string of the molecule is N[C@@H](CO)c1c(Cl)cccc1C(F)(F)F. The molecule has 6 heteroatoms. The first-order chi connectivity index (χ1) is 6.88. The molecule has 1 aromatic carbocycles. The molecule has 0 radical (unpaired) electrons. The monoisotopic (exact) mass is 239 g/mol. The summed E-state index contributed by atoms with van der Waals surface area (Å²) in [7, 11) is 0. The molecule has 0 saturated heterocycles. The van der Waals surface area contributed by atoms with Crippen molar-refractivity contribution in [1.82, 2.24) is 0 Å². The van der Waals surface area contributed by atoms with Gasteiger partial charge in [0.2, 0.25) is 0 Å². The average molecular weight is 240 g/mol. The Hall–Kier alpha value is -0.780. The predicted octanol–water partition coefficient (Wildman–Crippen LogP) is 2.35. The normalized spacial score (nSPS) is 14.0. The van der Waals surface area contributed by atoms with Crippen molar-refractivity contribution in [3.8, 4) is 0 Å². The van der Waals surface area contributed by atoms with Crippen molar-refractivity contribution in [3.05, 3.63) is 34.3 Å². The quantitative estimate of drug-likeness (QED) is 0.832. The zero-order chi connectivity index (χ0) is 11.6. The number of aliphatic hydroxyl groups is 1. The summed E-state index contributed by atoms with van der Waals surface area (Å²) in [5.41, 5.74) is 4.18. The Morgan fingerprint density at radius 3 is 2.47 bits per heavy atom. The molecule has 1 aromatic rings. The summed E-state index contributed by atoms with van der Waals surface area (Å²) in [6.45, 7) is -0.590. The maximum Gasteiger partial charge on any atom is 0.416 e. The third kappa shape index (κ3) is 2.62. The maximum absolute atomic E-state index is 12.5. The lowest BCUT2D eigenvalue weighted by Crippen LogP contribution is -2.20. The van der Waals surface area contributed by atoms with Gasteiger partial charge >= 0.3 is 6.18 Å². The number of alkyl halides is 3. The van der Waals surface area contributed by atoms with E-state index in [1.54, 1.807) is 0 Å². The molecule has 3 N–H and O–H groups in total. The average Bonchev–Trinajstić information content (AvgIpc) is 2.15. The molecular weight excluding hydrogens is 231 g/mol. The van der Waals surface area contributed by atoms with Gasteiger partial charge < -0.3 is 10.8 Å². The molecule has 1 atom stereocenters. The van der Waals surface area contributed by atoms with E-state index in [-0.39, 0.29) is 10.6 Å². The molecule has 0 fully saturated rings. The first-order valence-corrected chi connectivity index (χ1v) is 4.47. The minimum atomic E-state index is -4.52. The van der Waals surface area contributed by atoms with E-state index in [0.717, 1.165) is 6.07 Å². The maximum atomic E-state index is 12.5. The Bertz CT molecular complexity index is 354. The summed E-state index contributed by atoms with van der Waals surface area (Å²) in [6.07, 6.45) is -4.52. The van der Waals surface area contributed by atoms with Crippen LogP contribution in [0.2, 0.25) is 5.02 Å². The number of hydrogen-bond donors (Lipinski definition) is 2. The Morgan fingerprint density at radius 2 is 2.00 bits per heavy atom. The van der Waals surface area contributed by atoms with Crippen LogP contribution in [0.4, 0.5) is 13.2 Å². The fourth-order valence-electron chi connectivity index (χ4n) is 1.25. The van der Waals surface area contributed by atoms with Gasteiger partial charge in [-0.15, -0.1) is 0 Å². The van der Waals surface area contributed by atoms with Gasteiger partial charge in [-0.05, 0) is 12.1 Å². The molecule has 15 heavy (non-hydrogen) atoms. The molecule has 0 aliphatic heterocycles. The largest absolute Gasteiger partial charge is 0.416 e. The Balaban J connectivity index is 3.33. The standard InChI is InChI=1S/C9H9ClF3NO/c10-6-3-1-2-5(9(11,12)13)8(6)7(14)4-15/h1-3,7,15H,4,14H2/t7-/m0/s1. The van der Waals surface area contributed by atoms with Gasteiger partial charge in [0.15, 0.2) is 0 Å². The number of halogens is 4. The van der Waals surface area contributed by atoms with Gasteiger partial charge in [0.25, 0.3) is 0 Å². The third-order valence-corrected chi connectivity index (χ3v) is 2.26. The molecule has 0 aromatic heterocycles. The van der Waals surface area contributed by atoms with Crippen LogP contribution in [0.15, 0.2) is 18.2 Å². The number of aliphatic hydroxyl groups excluding tert-OH is 1. The van der Waals surface area contributed by atoms with Crippen LogP contribution < -0.4 is 5.73 Å². The lowest BCUT2D eigenvalue weighted by atomic mass is 10.0. The zero-order valence-corrected chi connectivity index (χ0v) is 8.31. The highest BCUT2D eigenvalue weighted by Gasteiger charge is 2.35. The molecule has 0 bridgehead atoms. The fourth-order valence-corrected chi connectivity index (χ4v) is 1.57. The van der Waals surface area contributed by atoms with Crippen LogP contribution in [0, 0.1) is 0 Å². The highest BCUT2D eigenvalue weighted by Crippen LogP contribution is 2.37. The Labute approximate surface area is 89.5 Å². The van der Waals surface area contributed by atoms with Gasteiger partial charge in [0.1, 0.15) is 0 Å². The van der Waals surface area contributed by atoms with Gasteiger partial charge in [-0.1, -0.05) is 17.7 Å². The van der Waals surface area contributed by atoms with Gasteiger partial charge in [-0.2, -0.15) is 13.2 Å². The molecule has 1 rings (SSSR count). The molecule has 84 valence electrons. The first kappa shape index (κ1) is 12.3. The number of rotatable bonds is 2. The number of nitrogens with two attached hydrogens (primary N) is 1. The predicted molar refractivity (Wildman–Crippen MR) is 50.5 cm³/mol. The molecule has 0 aliphatic rings. The van der Waals surface area contributed by atoms with Crippen LogP contribution in [-0.2, 0) is 6.18 Å². The Morgan fingerprint density at radius 1 is 1.40 bits per heavy atom. The molecule has 0 saturated carbocycles. The van der Waals surface area contributed by atoms with E-state index in [1.807, 2.05) is 0 Å². The molecule has 0 heterocycles. The van der Waals surface area contributed by atoms with E-state index in [2.05, 4.69) is 0 Å². The molecule has 0 amide bonds. The topological polar surface area (TPSA) is 46.2 Å². The second-order valence-corrected chi connectivity index (χ2v) is 3.40. The molecule has 0 spiro atoms. The second kappa shape index (κ2) is 4.38. The van der Waals surface area contributed by atoms with Crippen molar-refractivity contribution < 1.29 is 18.3 Å². The molecule has 0 unspecified atom stereocenters. The first-order valence-electron chi connectivity index (χ1n) is 4.10. The lowest BCUT2D eigenvalue weighted by molar-refractivity contribution is -0.138. The number of hydrogen-bond acceptors (Lipinski definition) is 2. The van der Waals surface area contributed by atoms with Gasteiger partial charge in [-0.3, -0.25) is 0 Å². The molecule has 0 aliphatic carbocycles. The van der Waals surface area contributed by atoms with E-state index in [0.29, 0.717) is 0 Å². The lowest BCUT2D eigenvalue weighted by Gasteiger charge is -2.17. The van der Waals surface area contributed by atoms with Crippen LogP contribution >= 0.6 is 11.6 Å². The molecule has 2 nitrogen and oxygen atoms in total. The van der Waals surface area contributed by atoms with Crippen LogP contribution in [0.25, 0.3) is 0 Å². The van der Waals surface area contributed by atoms with Crippen molar-refractivity contribution in [1.29, 1.82) is 0 Å². The summed E-state index contributed by atoms with van der Waals surface area (Å²) in [4.78, 5) is 0. The smallest absolute Gasteiger partial charge is 0.394 e. The van der Waals surface area contributed by atoms with Crippen molar-refractivity contribution in [2.24, 2.45) is 5.73 Å². The van der Waals surface area contributed by atoms with Crippen molar-refractivity contribution in [3.63, 3.8) is 0 Å². The van der Waals surface area contributed by atoms with E-state index in [9.17, 15) is 13.2 Å². The third-order valence-electron chi connectivity index (χ3n) is 1.93. The highest BCUT2D eigenvalue weighted by molar-refractivity contribution is 6.31. The summed E-state index contributed by atoms with van der Waals surface area (Å²) < 4.78 is 37.6. The van der Waals surface area contributed by atoms with Gasteiger partial charge in [-0.25, -0.2) is 0 Å². The van der Waals surface area contributed by atoms with Crippen LogP contribution in [-0.4, -0.2) is 11.7 Å². The van der Waals surface area contributed by atoms with Gasteiger partial charge in [0.05, 0.1) is 18.2 Å². The minimum Gasteiger partial charge on any atom is -0.394 e. The van der Waals surface area contributed by atoms with E-state index in [1.165, 1.54) is 12.1 Å². The Kier molecular flexibility index (Phi) is 3.59. The zero-order valence-electron chi connectivity index (χ0n) is 7.55. The van der Waals surface area contributed by atoms with Gasteiger partial charge in [0, 0.05) is 10.6 Å². The summed E-state index contributed by atoms with van der Waals surface area (Å²) in [6, 6.07) is 2.26. The second-order valence-electron chi connectivity index (χ2n) is 2.99.